The molecule has 0 aromatic heterocycles. The third kappa shape index (κ3) is 4.67. The van der Waals surface area contributed by atoms with Crippen LogP contribution in [0, 0.1) is 0 Å². The van der Waals surface area contributed by atoms with Crippen molar-refractivity contribution in [2.45, 2.75) is 37.7 Å². The van der Waals surface area contributed by atoms with Gasteiger partial charge in [0.25, 0.3) is 5.91 Å². The summed E-state index contributed by atoms with van der Waals surface area (Å²) in [4.78, 5) is 12.7. The second-order valence-electron chi connectivity index (χ2n) is 6.78. The summed E-state index contributed by atoms with van der Waals surface area (Å²) in [6, 6.07) is 13.2. The highest BCUT2D eigenvalue weighted by atomic mass is 32.2. The van der Waals surface area contributed by atoms with Crippen LogP contribution in [-0.2, 0) is 10.0 Å². The van der Waals surface area contributed by atoms with E-state index in [1.54, 1.807) is 42.5 Å². The summed E-state index contributed by atoms with van der Waals surface area (Å²) in [5.74, 6) is 0.391. The van der Waals surface area contributed by atoms with Crippen LogP contribution in [0.1, 0.15) is 37.0 Å². The third-order valence-corrected chi connectivity index (χ3v) is 6.18. The van der Waals surface area contributed by atoms with Crippen molar-refractivity contribution in [3.63, 3.8) is 0 Å². The third-order valence-electron chi connectivity index (χ3n) is 4.28. The summed E-state index contributed by atoms with van der Waals surface area (Å²) in [6.45, 7) is 4.96. The van der Waals surface area contributed by atoms with E-state index in [9.17, 15) is 13.2 Å². The summed E-state index contributed by atoms with van der Waals surface area (Å²) < 4.78 is 32.4. The van der Waals surface area contributed by atoms with E-state index < -0.39 is 10.0 Å². The van der Waals surface area contributed by atoms with Crippen LogP contribution in [0.3, 0.4) is 0 Å². The summed E-state index contributed by atoms with van der Waals surface area (Å²) in [7, 11) is -3.51. The molecule has 6 nitrogen and oxygen atoms in total. The van der Waals surface area contributed by atoms with E-state index in [0.29, 0.717) is 30.1 Å². The number of rotatable bonds is 6. The highest BCUT2D eigenvalue weighted by molar-refractivity contribution is 7.89. The van der Waals surface area contributed by atoms with E-state index in [1.807, 2.05) is 13.8 Å². The molecule has 2 aromatic rings. The van der Waals surface area contributed by atoms with Gasteiger partial charge in [-0.2, -0.15) is 4.31 Å². The van der Waals surface area contributed by atoms with Gasteiger partial charge >= 0.3 is 0 Å². The van der Waals surface area contributed by atoms with Crippen LogP contribution in [0.5, 0.6) is 5.75 Å². The number of anilines is 1. The maximum Gasteiger partial charge on any atom is 0.255 e. The Morgan fingerprint density at radius 1 is 1.07 bits per heavy atom. The van der Waals surface area contributed by atoms with Crippen LogP contribution in [0.15, 0.2) is 53.4 Å². The van der Waals surface area contributed by atoms with Crippen LogP contribution in [0.25, 0.3) is 0 Å². The molecule has 1 aliphatic heterocycles. The molecular weight excluding hydrogens is 364 g/mol. The Balaban J connectivity index is 1.73. The summed E-state index contributed by atoms with van der Waals surface area (Å²) in [6.07, 6.45) is 1.82. The van der Waals surface area contributed by atoms with Crippen LogP contribution in [0.4, 0.5) is 5.69 Å². The standard InChI is InChI=1S/C20H24N2O4S/c1-15(2)26-18-10-8-16(9-11-18)20(23)21-17-6-5-7-19(14-17)27(24,25)22-12-3-4-13-22/h5-11,14-15H,3-4,12-13H2,1-2H3,(H,21,23). The quantitative estimate of drug-likeness (QED) is 0.822. The number of ether oxygens (including phenoxy) is 1. The van der Waals surface area contributed by atoms with Gasteiger partial charge in [-0.3, -0.25) is 4.79 Å². The van der Waals surface area contributed by atoms with Crippen molar-refractivity contribution in [3.8, 4) is 5.75 Å². The maximum absolute atomic E-state index is 12.7. The number of nitrogens with zero attached hydrogens (tertiary/aromatic N) is 1. The number of carbonyl (C=O) groups is 1. The zero-order valence-electron chi connectivity index (χ0n) is 15.5. The van der Waals surface area contributed by atoms with Gasteiger partial charge in [0.2, 0.25) is 10.0 Å². The molecule has 1 N–H and O–H groups in total. The molecule has 1 heterocycles. The SMILES string of the molecule is CC(C)Oc1ccc(C(=O)Nc2cccc(S(=O)(=O)N3CCCC3)c2)cc1. The minimum Gasteiger partial charge on any atom is -0.491 e. The molecule has 1 fully saturated rings. The van der Waals surface area contributed by atoms with Crippen LogP contribution in [-0.4, -0.2) is 37.8 Å². The Hall–Kier alpha value is -2.38. The molecule has 0 spiro atoms. The van der Waals surface area contributed by atoms with Gasteiger partial charge in [-0.25, -0.2) is 8.42 Å². The van der Waals surface area contributed by atoms with Gasteiger partial charge in [0.1, 0.15) is 5.75 Å². The Morgan fingerprint density at radius 2 is 1.74 bits per heavy atom. The normalized spacial score (nSPS) is 15.1. The molecule has 2 aromatic carbocycles. The van der Waals surface area contributed by atoms with Crippen molar-refractivity contribution in [1.82, 2.24) is 4.31 Å². The number of hydrogen-bond acceptors (Lipinski definition) is 4. The Labute approximate surface area is 160 Å². The lowest BCUT2D eigenvalue weighted by Crippen LogP contribution is -2.27. The molecule has 27 heavy (non-hydrogen) atoms. The van der Waals surface area contributed by atoms with Crippen molar-refractivity contribution < 1.29 is 17.9 Å². The minimum absolute atomic E-state index is 0.0602. The van der Waals surface area contributed by atoms with E-state index in [1.165, 1.54) is 10.4 Å². The van der Waals surface area contributed by atoms with E-state index in [2.05, 4.69) is 5.32 Å². The van der Waals surface area contributed by atoms with E-state index >= 15 is 0 Å². The maximum atomic E-state index is 12.7. The van der Waals surface area contributed by atoms with Gasteiger partial charge in [0, 0.05) is 24.3 Å². The number of sulfonamides is 1. The van der Waals surface area contributed by atoms with Crippen molar-refractivity contribution >= 4 is 21.6 Å². The average Bonchev–Trinajstić information content (AvgIpc) is 3.17. The predicted octanol–water partition coefficient (Wildman–Crippen LogP) is 3.51. The van der Waals surface area contributed by atoms with Crippen molar-refractivity contribution in [3.05, 3.63) is 54.1 Å². The molecule has 7 heteroatoms. The molecule has 0 atom stereocenters. The summed E-state index contributed by atoms with van der Waals surface area (Å²) in [5, 5.41) is 2.76. The fourth-order valence-electron chi connectivity index (χ4n) is 2.97. The molecular formula is C20H24N2O4S. The molecule has 0 aliphatic carbocycles. The summed E-state index contributed by atoms with van der Waals surface area (Å²) >= 11 is 0. The largest absolute Gasteiger partial charge is 0.491 e. The van der Waals surface area contributed by atoms with Gasteiger partial charge in [-0.05, 0) is 69.2 Å². The fourth-order valence-corrected chi connectivity index (χ4v) is 4.54. The average molecular weight is 388 g/mol. The lowest BCUT2D eigenvalue weighted by atomic mass is 10.2. The number of benzene rings is 2. The van der Waals surface area contributed by atoms with E-state index in [4.69, 9.17) is 4.74 Å². The fraction of sp³-hybridized carbons (Fsp3) is 0.350. The number of nitrogens with one attached hydrogen (secondary N) is 1. The lowest BCUT2D eigenvalue weighted by molar-refractivity contribution is 0.102. The first-order valence-electron chi connectivity index (χ1n) is 9.04. The van der Waals surface area contributed by atoms with Crippen molar-refractivity contribution in [2.24, 2.45) is 0 Å². The first-order valence-corrected chi connectivity index (χ1v) is 10.5. The molecule has 1 aliphatic rings. The Bertz CT molecular complexity index is 902. The van der Waals surface area contributed by atoms with Crippen molar-refractivity contribution in [1.29, 1.82) is 0 Å². The second-order valence-corrected chi connectivity index (χ2v) is 8.72. The van der Waals surface area contributed by atoms with Gasteiger partial charge in [0.15, 0.2) is 0 Å². The van der Waals surface area contributed by atoms with Crippen LogP contribution in [0.2, 0.25) is 0 Å². The molecule has 1 amide bonds. The minimum atomic E-state index is -3.51. The Morgan fingerprint density at radius 3 is 2.37 bits per heavy atom. The zero-order chi connectivity index (χ0) is 19.4. The first-order chi connectivity index (χ1) is 12.9. The molecule has 0 saturated carbocycles. The monoisotopic (exact) mass is 388 g/mol. The number of carbonyl (C=O) groups excluding carboxylic acids is 1. The summed E-state index contributed by atoms with van der Waals surface area (Å²) in [5.41, 5.74) is 0.918. The first kappa shape index (κ1) is 19.4. The second kappa shape index (κ2) is 8.10. The molecule has 1 saturated heterocycles. The number of hydrogen-bond donors (Lipinski definition) is 1. The van der Waals surface area contributed by atoms with Gasteiger partial charge in [-0.15, -0.1) is 0 Å². The van der Waals surface area contributed by atoms with E-state index in [0.717, 1.165) is 12.8 Å². The smallest absolute Gasteiger partial charge is 0.255 e. The van der Waals surface area contributed by atoms with Gasteiger partial charge in [-0.1, -0.05) is 6.07 Å². The highest BCUT2D eigenvalue weighted by Gasteiger charge is 2.27. The molecule has 144 valence electrons. The molecule has 0 radical (unpaired) electrons. The van der Waals surface area contributed by atoms with Crippen molar-refractivity contribution in [2.75, 3.05) is 18.4 Å². The molecule has 0 bridgehead atoms. The number of amides is 1. The van der Waals surface area contributed by atoms with Crippen LogP contribution >= 0.6 is 0 Å². The lowest BCUT2D eigenvalue weighted by Gasteiger charge is -2.16. The van der Waals surface area contributed by atoms with E-state index in [-0.39, 0.29) is 16.9 Å². The van der Waals surface area contributed by atoms with Gasteiger partial charge in [0.05, 0.1) is 11.0 Å². The molecule has 0 unspecified atom stereocenters. The highest BCUT2D eigenvalue weighted by Crippen LogP contribution is 2.23. The predicted molar refractivity (Wildman–Crippen MR) is 105 cm³/mol. The molecule has 3 rings (SSSR count). The zero-order valence-corrected chi connectivity index (χ0v) is 16.3. The Kier molecular flexibility index (Phi) is 5.82. The topological polar surface area (TPSA) is 75.7 Å². The van der Waals surface area contributed by atoms with Gasteiger partial charge < -0.3 is 10.1 Å². The van der Waals surface area contributed by atoms with Crippen LogP contribution < -0.4 is 10.1 Å².